The topological polar surface area (TPSA) is 82.9 Å². The molecule has 0 saturated heterocycles. The zero-order valence-corrected chi connectivity index (χ0v) is 15.8. The zero-order valence-electron chi connectivity index (χ0n) is 15.8. The van der Waals surface area contributed by atoms with Gasteiger partial charge in [0.1, 0.15) is 17.3 Å². The standard InChI is InChI=1S/C25H15N3O2/c26-15-18-8-5-13-27-23(18)17-7-3-6-16(14-17)19-10-4-12-22-24(19)28-25(30-22)20-9-1-2-11-21(20)29/h1-14,29H. The Kier molecular flexibility index (Phi) is 4.23. The van der Waals surface area contributed by atoms with E-state index in [0.717, 1.165) is 16.7 Å². The molecule has 3 aromatic carbocycles. The highest BCUT2D eigenvalue weighted by atomic mass is 16.3. The summed E-state index contributed by atoms with van der Waals surface area (Å²) in [4.78, 5) is 9.05. The van der Waals surface area contributed by atoms with Gasteiger partial charge in [0.05, 0.1) is 16.8 Å². The van der Waals surface area contributed by atoms with Crippen molar-refractivity contribution in [3.05, 3.63) is 90.6 Å². The van der Waals surface area contributed by atoms with Crippen LogP contribution in [0.5, 0.6) is 5.75 Å². The molecule has 5 nitrogen and oxygen atoms in total. The fraction of sp³-hybridized carbons (Fsp3) is 0. The Bertz CT molecular complexity index is 1430. The number of nitriles is 1. The third-order valence-electron chi connectivity index (χ3n) is 4.93. The van der Waals surface area contributed by atoms with Gasteiger partial charge in [0.2, 0.25) is 5.89 Å². The molecule has 0 spiro atoms. The van der Waals surface area contributed by atoms with Crippen molar-refractivity contribution in [2.75, 3.05) is 0 Å². The molecule has 0 unspecified atom stereocenters. The van der Waals surface area contributed by atoms with Crippen LogP contribution in [-0.2, 0) is 0 Å². The molecule has 0 aliphatic heterocycles. The first kappa shape index (κ1) is 17.7. The molecule has 0 atom stereocenters. The first-order valence-corrected chi connectivity index (χ1v) is 9.38. The van der Waals surface area contributed by atoms with E-state index in [-0.39, 0.29) is 5.75 Å². The van der Waals surface area contributed by atoms with Crippen molar-refractivity contribution in [2.24, 2.45) is 0 Å². The van der Waals surface area contributed by atoms with Gasteiger partial charge in [-0.05, 0) is 42.0 Å². The lowest BCUT2D eigenvalue weighted by Gasteiger charge is -2.07. The summed E-state index contributed by atoms with van der Waals surface area (Å²) < 4.78 is 5.92. The number of phenolic OH excluding ortho intramolecular Hbond substituents is 1. The number of phenols is 1. The largest absolute Gasteiger partial charge is 0.507 e. The van der Waals surface area contributed by atoms with E-state index >= 15 is 0 Å². The second kappa shape index (κ2) is 7.19. The number of aromatic nitrogens is 2. The quantitative estimate of drug-likeness (QED) is 0.421. The van der Waals surface area contributed by atoms with Gasteiger partial charge in [0.15, 0.2) is 5.58 Å². The molecule has 0 amide bonds. The molecule has 0 radical (unpaired) electrons. The molecule has 5 aromatic rings. The van der Waals surface area contributed by atoms with Gasteiger partial charge in [0, 0.05) is 17.3 Å². The van der Waals surface area contributed by atoms with E-state index in [9.17, 15) is 10.4 Å². The lowest BCUT2D eigenvalue weighted by molar-refractivity contribution is 0.474. The van der Waals surface area contributed by atoms with Gasteiger partial charge in [-0.25, -0.2) is 4.98 Å². The third-order valence-corrected chi connectivity index (χ3v) is 4.93. The maximum Gasteiger partial charge on any atom is 0.231 e. The Labute approximate surface area is 172 Å². The Balaban J connectivity index is 1.66. The van der Waals surface area contributed by atoms with Crippen molar-refractivity contribution in [2.45, 2.75) is 0 Å². The Morgan fingerprint density at radius 2 is 1.63 bits per heavy atom. The highest BCUT2D eigenvalue weighted by Gasteiger charge is 2.15. The highest BCUT2D eigenvalue weighted by molar-refractivity contribution is 5.93. The average molecular weight is 389 g/mol. The van der Waals surface area contributed by atoms with E-state index in [1.807, 2.05) is 48.5 Å². The second-order valence-corrected chi connectivity index (χ2v) is 6.78. The molecule has 0 bridgehead atoms. The number of nitrogens with zero attached hydrogens (tertiary/aromatic N) is 3. The number of para-hydroxylation sites is 2. The molecule has 142 valence electrons. The average Bonchev–Trinajstić information content (AvgIpc) is 3.23. The summed E-state index contributed by atoms with van der Waals surface area (Å²) in [7, 11) is 0. The van der Waals surface area contributed by atoms with Crippen molar-refractivity contribution in [1.82, 2.24) is 9.97 Å². The van der Waals surface area contributed by atoms with Crippen molar-refractivity contribution in [3.63, 3.8) is 0 Å². The number of aromatic hydroxyl groups is 1. The molecule has 0 aliphatic carbocycles. The summed E-state index contributed by atoms with van der Waals surface area (Å²) in [5, 5.41) is 19.6. The number of fused-ring (bicyclic) bond motifs is 1. The maximum absolute atomic E-state index is 10.2. The number of rotatable bonds is 3. The molecule has 1 N–H and O–H groups in total. The lowest BCUT2D eigenvalue weighted by atomic mass is 9.99. The van der Waals surface area contributed by atoms with E-state index in [1.165, 1.54) is 0 Å². The van der Waals surface area contributed by atoms with E-state index < -0.39 is 0 Å². The van der Waals surface area contributed by atoms with Crippen LogP contribution < -0.4 is 0 Å². The summed E-state index contributed by atoms with van der Waals surface area (Å²) in [6, 6.07) is 26.2. The summed E-state index contributed by atoms with van der Waals surface area (Å²) in [6.07, 6.45) is 1.68. The van der Waals surface area contributed by atoms with Crippen molar-refractivity contribution in [3.8, 4) is 45.7 Å². The van der Waals surface area contributed by atoms with E-state index in [4.69, 9.17) is 4.42 Å². The van der Waals surface area contributed by atoms with Crippen molar-refractivity contribution < 1.29 is 9.52 Å². The summed E-state index contributed by atoms with van der Waals surface area (Å²) >= 11 is 0. The van der Waals surface area contributed by atoms with Gasteiger partial charge in [0.25, 0.3) is 0 Å². The number of hydrogen-bond donors (Lipinski definition) is 1. The fourth-order valence-corrected chi connectivity index (χ4v) is 3.51. The first-order chi connectivity index (χ1) is 14.7. The Morgan fingerprint density at radius 1 is 0.833 bits per heavy atom. The predicted molar refractivity (Wildman–Crippen MR) is 114 cm³/mol. The molecular weight excluding hydrogens is 374 g/mol. The minimum Gasteiger partial charge on any atom is -0.507 e. The van der Waals surface area contributed by atoms with Crippen molar-refractivity contribution in [1.29, 1.82) is 5.26 Å². The molecule has 2 aromatic heterocycles. The SMILES string of the molecule is N#Cc1cccnc1-c1cccc(-c2cccc3oc(-c4ccccc4O)nc23)c1. The Morgan fingerprint density at radius 3 is 2.50 bits per heavy atom. The van der Waals surface area contributed by atoms with Crippen LogP contribution in [0.1, 0.15) is 5.56 Å². The molecule has 0 saturated carbocycles. The van der Waals surface area contributed by atoms with E-state index in [1.54, 1.807) is 36.5 Å². The van der Waals surface area contributed by atoms with Gasteiger partial charge in [-0.1, -0.05) is 42.5 Å². The molecule has 30 heavy (non-hydrogen) atoms. The minimum absolute atomic E-state index is 0.117. The second-order valence-electron chi connectivity index (χ2n) is 6.78. The molecular formula is C25H15N3O2. The normalized spacial score (nSPS) is 10.8. The maximum atomic E-state index is 10.2. The van der Waals surface area contributed by atoms with E-state index in [0.29, 0.717) is 33.8 Å². The molecule has 0 fully saturated rings. The van der Waals surface area contributed by atoms with Crippen LogP contribution >= 0.6 is 0 Å². The summed E-state index contributed by atoms with van der Waals surface area (Å²) in [5.74, 6) is 0.481. The predicted octanol–water partition coefficient (Wildman–Crippen LogP) is 5.80. The molecule has 5 rings (SSSR count). The van der Waals surface area contributed by atoms with E-state index in [2.05, 4.69) is 16.0 Å². The first-order valence-electron chi connectivity index (χ1n) is 9.38. The van der Waals surface area contributed by atoms with Crippen molar-refractivity contribution >= 4 is 11.1 Å². The highest BCUT2D eigenvalue weighted by Crippen LogP contribution is 2.35. The van der Waals surface area contributed by atoms with Crippen LogP contribution in [0, 0.1) is 11.3 Å². The number of hydrogen-bond acceptors (Lipinski definition) is 5. The zero-order chi connectivity index (χ0) is 20.5. The molecule has 2 heterocycles. The monoisotopic (exact) mass is 389 g/mol. The van der Waals surface area contributed by atoms with Gasteiger partial charge in [-0.3, -0.25) is 4.98 Å². The number of pyridine rings is 1. The van der Waals surface area contributed by atoms with Crippen LogP contribution in [0.3, 0.4) is 0 Å². The number of benzene rings is 3. The summed E-state index contributed by atoms with van der Waals surface area (Å²) in [6.45, 7) is 0. The smallest absolute Gasteiger partial charge is 0.231 e. The lowest BCUT2D eigenvalue weighted by Crippen LogP contribution is -1.89. The third kappa shape index (κ3) is 2.97. The Hall–Kier alpha value is -4.43. The van der Waals surface area contributed by atoms with Crippen LogP contribution in [0.2, 0.25) is 0 Å². The molecule has 5 heteroatoms. The van der Waals surface area contributed by atoms with Gasteiger partial charge in [-0.2, -0.15) is 5.26 Å². The van der Waals surface area contributed by atoms with Gasteiger partial charge < -0.3 is 9.52 Å². The molecule has 0 aliphatic rings. The van der Waals surface area contributed by atoms with Crippen LogP contribution in [-0.4, -0.2) is 15.1 Å². The van der Waals surface area contributed by atoms with Gasteiger partial charge in [-0.15, -0.1) is 0 Å². The van der Waals surface area contributed by atoms with Gasteiger partial charge >= 0.3 is 0 Å². The fourth-order valence-electron chi connectivity index (χ4n) is 3.51. The summed E-state index contributed by atoms with van der Waals surface area (Å²) in [5.41, 5.74) is 5.73. The minimum atomic E-state index is 0.117. The van der Waals surface area contributed by atoms with Crippen LogP contribution in [0.4, 0.5) is 0 Å². The van der Waals surface area contributed by atoms with Crippen LogP contribution in [0.15, 0.2) is 89.5 Å². The number of oxazole rings is 1. The van der Waals surface area contributed by atoms with Crippen LogP contribution in [0.25, 0.3) is 44.9 Å².